The quantitative estimate of drug-likeness (QED) is 0.423. The Labute approximate surface area is 186 Å². The number of hydrogen-bond donors (Lipinski definition) is 2. The Kier molecular flexibility index (Phi) is 6.11. The molecule has 0 radical (unpaired) electrons. The van der Waals surface area contributed by atoms with Crippen LogP contribution >= 0.6 is 11.3 Å². The average Bonchev–Trinajstić information content (AvgIpc) is 3.15. The van der Waals surface area contributed by atoms with Crippen LogP contribution in [0.15, 0.2) is 60.8 Å². The molecule has 4 rings (SSSR count). The van der Waals surface area contributed by atoms with E-state index in [1.54, 1.807) is 42.5 Å². The summed E-state index contributed by atoms with van der Waals surface area (Å²) < 4.78 is 25.8. The lowest BCUT2D eigenvalue weighted by molar-refractivity contribution is 0.0997. The summed E-state index contributed by atoms with van der Waals surface area (Å²) in [6.45, 7) is 0.110. The number of carbonyl (C=O) groups excluding carboxylic acids is 2. The fourth-order valence-corrected chi connectivity index (χ4v) is 4.29. The second kappa shape index (κ2) is 9.13. The van der Waals surface area contributed by atoms with Crippen molar-refractivity contribution in [3.05, 3.63) is 82.6 Å². The number of primary amides is 1. The van der Waals surface area contributed by atoms with E-state index >= 15 is 0 Å². The summed E-state index contributed by atoms with van der Waals surface area (Å²) in [6.07, 6.45) is 1.44. The average molecular weight is 451 g/mol. The maximum absolute atomic E-state index is 14.3. The molecule has 0 saturated heterocycles. The predicted molar refractivity (Wildman–Crippen MR) is 120 cm³/mol. The normalized spacial score (nSPS) is 10.8. The molecule has 0 bridgehead atoms. The molecule has 3 N–H and O–H groups in total. The van der Waals surface area contributed by atoms with Crippen LogP contribution in [0.4, 0.5) is 10.1 Å². The number of nitrogens with one attached hydrogen (secondary N) is 1. The van der Waals surface area contributed by atoms with Crippen LogP contribution in [-0.2, 0) is 11.3 Å². The van der Waals surface area contributed by atoms with Crippen LogP contribution in [0.5, 0.6) is 11.6 Å². The van der Waals surface area contributed by atoms with Crippen LogP contribution in [0.25, 0.3) is 10.1 Å². The number of nitrogens with zero attached hydrogens (tertiary/aromatic N) is 1. The summed E-state index contributed by atoms with van der Waals surface area (Å²) in [5.41, 5.74) is 6.54. The molecule has 0 atom stereocenters. The first-order chi connectivity index (χ1) is 15.5. The fourth-order valence-electron chi connectivity index (χ4n) is 3.17. The van der Waals surface area contributed by atoms with Crippen molar-refractivity contribution < 1.29 is 23.5 Å². The van der Waals surface area contributed by atoms with E-state index in [0.717, 1.165) is 0 Å². The minimum atomic E-state index is -0.560. The number of benzene rings is 2. The van der Waals surface area contributed by atoms with Gasteiger partial charge in [0.2, 0.25) is 11.8 Å². The monoisotopic (exact) mass is 451 g/mol. The molecule has 32 heavy (non-hydrogen) atoms. The lowest BCUT2D eigenvalue weighted by Crippen LogP contribution is -2.12. The van der Waals surface area contributed by atoms with Gasteiger partial charge in [-0.15, -0.1) is 11.3 Å². The zero-order chi connectivity index (χ0) is 22.7. The van der Waals surface area contributed by atoms with E-state index in [9.17, 15) is 14.0 Å². The summed E-state index contributed by atoms with van der Waals surface area (Å²) in [6, 6.07) is 14.3. The number of ether oxygens (including phenoxy) is 2. The number of methoxy groups -OCH3 is 1. The van der Waals surface area contributed by atoms with E-state index in [4.69, 9.17) is 15.2 Å². The molecular weight excluding hydrogens is 433 g/mol. The van der Waals surface area contributed by atoms with Crippen molar-refractivity contribution in [3.8, 4) is 11.6 Å². The Balaban J connectivity index is 1.52. The van der Waals surface area contributed by atoms with Crippen LogP contribution in [0, 0.1) is 5.82 Å². The Morgan fingerprint density at radius 2 is 1.97 bits per heavy atom. The lowest BCUT2D eigenvalue weighted by Gasteiger charge is -2.08. The van der Waals surface area contributed by atoms with Gasteiger partial charge in [-0.1, -0.05) is 12.1 Å². The van der Waals surface area contributed by atoms with E-state index < -0.39 is 11.7 Å². The van der Waals surface area contributed by atoms with Gasteiger partial charge < -0.3 is 20.5 Å². The molecule has 0 fully saturated rings. The molecule has 2 amide bonds. The van der Waals surface area contributed by atoms with E-state index in [-0.39, 0.29) is 18.4 Å². The number of fused-ring (bicyclic) bond motifs is 1. The molecule has 2 aromatic heterocycles. The molecule has 0 aliphatic carbocycles. The van der Waals surface area contributed by atoms with Crippen LogP contribution in [0.1, 0.15) is 25.6 Å². The lowest BCUT2D eigenvalue weighted by atomic mass is 10.1. The fraction of sp³-hybridized carbons (Fsp3) is 0.0870. The molecule has 2 aromatic carbocycles. The third-order valence-corrected chi connectivity index (χ3v) is 5.79. The first-order valence-corrected chi connectivity index (χ1v) is 10.3. The maximum Gasteiger partial charge on any atom is 0.266 e. The van der Waals surface area contributed by atoms with E-state index in [1.807, 2.05) is 0 Å². The summed E-state index contributed by atoms with van der Waals surface area (Å²) in [7, 11) is 1.49. The predicted octanol–water partition coefficient (Wildman–Crippen LogP) is 4.73. The van der Waals surface area contributed by atoms with E-state index in [1.165, 1.54) is 36.8 Å². The molecule has 0 spiro atoms. The number of nitrogens with two attached hydrogens (primary N) is 1. The minimum Gasteiger partial charge on any atom is -0.439 e. The minimum absolute atomic E-state index is 0.110. The van der Waals surface area contributed by atoms with Crippen LogP contribution in [-0.4, -0.2) is 23.9 Å². The zero-order valence-corrected chi connectivity index (χ0v) is 17.7. The standard InChI is InChI=1S/C23H18FN3O4S/c1-30-12-16-20-17(24)6-3-7-18(20)32-21(16)23(29)27-14-8-9-19(26-11-14)31-15-5-2-4-13(10-15)22(25)28/h2-11H,12H2,1H3,(H2,25,28)(H,27,29). The molecule has 0 saturated carbocycles. The number of amides is 2. The van der Waals surface area contributed by atoms with Gasteiger partial charge in [0.05, 0.1) is 23.4 Å². The smallest absolute Gasteiger partial charge is 0.266 e. The summed E-state index contributed by atoms with van der Waals surface area (Å²) in [4.78, 5) is 28.7. The van der Waals surface area contributed by atoms with Crippen LogP contribution in [0.3, 0.4) is 0 Å². The van der Waals surface area contributed by atoms with Gasteiger partial charge in [-0.2, -0.15) is 0 Å². The number of hydrogen-bond acceptors (Lipinski definition) is 6. The van der Waals surface area contributed by atoms with Gasteiger partial charge >= 0.3 is 0 Å². The Morgan fingerprint density at radius 1 is 1.16 bits per heavy atom. The van der Waals surface area contributed by atoms with Crippen LogP contribution < -0.4 is 15.8 Å². The third kappa shape index (κ3) is 4.43. The number of carbonyl (C=O) groups is 2. The number of pyridine rings is 1. The van der Waals surface area contributed by atoms with Crippen molar-refractivity contribution in [2.75, 3.05) is 12.4 Å². The van der Waals surface area contributed by atoms with Crippen molar-refractivity contribution in [1.82, 2.24) is 4.98 Å². The summed E-state index contributed by atoms with van der Waals surface area (Å²) >= 11 is 1.20. The second-order valence-electron chi connectivity index (χ2n) is 6.79. The summed E-state index contributed by atoms with van der Waals surface area (Å²) in [5.74, 6) is -0.665. The van der Waals surface area contributed by atoms with Gasteiger partial charge in [-0.25, -0.2) is 9.37 Å². The van der Waals surface area contributed by atoms with Gasteiger partial charge in [0.25, 0.3) is 5.91 Å². The first kappa shape index (κ1) is 21.4. The molecule has 9 heteroatoms. The van der Waals surface area contributed by atoms with Gasteiger partial charge in [-0.05, 0) is 36.4 Å². The third-order valence-electron chi connectivity index (χ3n) is 4.59. The number of aromatic nitrogens is 1. The zero-order valence-electron chi connectivity index (χ0n) is 16.9. The van der Waals surface area contributed by atoms with E-state index in [0.29, 0.717) is 37.5 Å². The highest BCUT2D eigenvalue weighted by atomic mass is 32.1. The van der Waals surface area contributed by atoms with Crippen molar-refractivity contribution in [2.24, 2.45) is 5.73 Å². The first-order valence-electron chi connectivity index (χ1n) is 9.50. The highest BCUT2D eigenvalue weighted by Crippen LogP contribution is 2.34. The molecule has 162 valence electrons. The number of anilines is 1. The number of thiophene rings is 1. The maximum atomic E-state index is 14.3. The second-order valence-corrected chi connectivity index (χ2v) is 7.84. The molecule has 0 unspecified atom stereocenters. The Bertz CT molecular complexity index is 1300. The van der Waals surface area contributed by atoms with Gasteiger partial charge in [-0.3, -0.25) is 9.59 Å². The number of rotatable bonds is 7. The van der Waals surface area contributed by atoms with Crippen molar-refractivity contribution >= 4 is 38.9 Å². The highest BCUT2D eigenvalue weighted by Gasteiger charge is 2.21. The van der Waals surface area contributed by atoms with Crippen molar-refractivity contribution in [3.63, 3.8) is 0 Å². The topological polar surface area (TPSA) is 104 Å². The van der Waals surface area contributed by atoms with Crippen LogP contribution in [0.2, 0.25) is 0 Å². The Hall–Kier alpha value is -3.82. The molecule has 7 nitrogen and oxygen atoms in total. The molecule has 0 aliphatic heterocycles. The van der Waals surface area contributed by atoms with Crippen molar-refractivity contribution in [2.45, 2.75) is 6.61 Å². The Morgan fingerprint density at radius 3 is 2.69 bits per heavy atom. The molecule has 0 aliphatic rings. The van der Waals surface area contributed by atoms with Gasteiger partial charge in [0.15, 0.2) is 0 Å². The van der Waals surface area contributed by atoms with Crippen molar-refractivity contribution in [1.29, 1.82) is 0 Å². The number of halogens is 1. The molecular formula is C23H18FN3O4S. The van der Waals surface area contributed by atoms with Gasteiger partial charge in [0, 0.05) is 34.4 Å². The largest absolute Gasteiger partial charge is 0.439 e. The summed E-state index contributed by atoms with van der Waals surface area (Å²) in [5, 5.41) is 3.16. The molecule has 4 aromatic rings. The van der Waals surface area contributed by atoms with E-state index in [2.05, 4.69) is 10.3 Å². The SMILES string of the molecule is COCc1c(C(=O)Nc2ccc(Oc3cccc(C(N)=O)c3)nc2)sc2cccc(F)c12. The highest BCUT2D eigenvalue weighted by molar-refractivity contribution is 7.21. The molecule has 2 heterocycles. The van der Waals surface area contributed by atoms with Gasteiger partial charge in [0.1, 0.15) is 11.6 Å².